The average molecular weight is 291 g/mol. The summed E-state index contributed by atoms with van der Waals surface area (Å²) in [5.74, 6) is -0.323. The molecule has 0 unspecified atom stereocenters. The summed E-state index contributed by atoms with van der Waals surface area (Å²) < 4.78 is 4.89. The van der Waals surface area contributed by atoms with Crippen LogP contribution in [-0.2, 0) is 14.3 Å². The highest BCUT2D eigenvalue weighted by Crippen LogP contribution is 2.34. The maximum atomic E-state index is 12.5. The van der Waals surface area contributed by atoms with Gasteiger partial charge in [-0.15, -0.1) is 0 Å². The number of hydrogen-bond acceptors (Lipinski definition) is 4. The first kappa shape index (κ1) is 15.3. The first-order chi connectivity index (χ1) is 9.95. The Labute approximate surface area is 124 Å². The van der Waals surface area contributed by atoms with E-state index in [9.17, 15) is 9.59 Å². The Hall–Kier alpha value is -2.08. The van der Waals surface area contributed by atoms with Crippen LogP contribution < -0.4 is 15.5 Å². The van der Waals surface area contributed by atoms with Crippen LogP contribution in [0.15, 0.2) is 24.3 Å². The van der Waals surface area contributed by atoms with Crippen LogP contribution in [-0.4, -0.2) is 44.2 Å². The second-order valence-electron chi connectivity index (χ2n) is 5.50. The lowest BCUT2D eigenvalue weighted by atomic mass is 9.98. The van der Waals surface area contributed by atoms with Crippen molar-refractivity contribution in [1.29, 1.82) is 0 Å². The summed E-state index contributed by atoms with van der Waals surface area (Å²) in [6, 6.07) is 7.48. The Balaban J connectivity index is 2.17. The number of nitrogens with one attached hydrogen (secondary N) is 2. The van der Waals surface area contributed by atoms with E-state index in [4.69, 9.17) is 4.74 Å². The highest BCUT2D eigenvalue weighted by Gasteiger charge is 2.39. The Morgan fingerprint density at radius 1 is 1.38 bits per heavy atom. The summed E-state index contributed by atoms with van der Waals surface area (Å²) in [4.78, 5) is 26.0. The SMILES string of the molecule is COCCNC(=O)CN1C(=O)C(C)(C)Nc2ccccc21. The number of para-hydroxylation sites is 2. The van der Waals surface area contributed by atoms with Crippen molar-refractivity contribution in [3.8, 4) is 0 Å². The minimum absolute atomic E-state index is 0.00463. The first-order valence-electron chi connectivity index (χ1n) is 6.90. The van der Waals surface area contributed by atoms with Gasteiger partial charge in [-0.1, -0.05) is 12.1 Å². The number of nitrogens with zero attached hydrogens (tertiary/aromatic N) is 1. The molecule has 0 aliphatic carbocycles. The first-order valence-corrected chi connectivity index (χ1v) is 6.90. The largest absolute Gasteiger partial charge is 0.383 e. The predicted molar refractivity (Wildman–Crippen MR) is 81.4 cm³/mol. The monoisotopic (exact) mass is 291 g/mol. The van der Waals surface area contributed by atoms with E-state index < -0.39 is 5.54 Å². The molecule has 1 heterocycles. The van der Waals surface area contributed by atoms with E-state index in [0.717, 1.165) is 11.4 Å². The summed E-state index contributed by atoms with van der Waals surface area (Å²) >= 11 is 0. The van der Waals surface area contributed by atoms with Crippen molar-refractivity contribution in [2.45, 2.75) is 19.4 Å². The number of benzene rings is 1. The lowest BCUT2D eigenvalue weighted by Gasteiger charge is -2.39. The normalized spacial score (nSPS) is 16.1. The smallest absolute Gasteiger partial charge is 0.252 e. The van der Waals surface area contributed by atoms with Gasteiger partial charge in [-0.25, -0.2) is 0 Å². The molecule has 0 saturated heterocycles. The van der Waals surface area contributed by atoms with Crippen molar-refractivity contribution >= 4 is 23.2 Å². The third kappa shape index (κ3) is 3.33. The summed E-state index contributed by atoms with van der Waals surface area (Å²) in [5.41, 5.74) is 0.844. The summed E-state index contributed by atoms with van der Waals surface area (Å²) in [7, 11) is 1.57. The zero-order valence-electron chi connectivity index (χ0n) is 12.6. The Bertz CT molecular complexity index is 543. The van der Waals surface area contributed by atoms with Crippen LogP contribution in [0.4, 0.5) is 11.4 Å². The van der Waals surface area contributed by atoms with Gasteiger partial charge in [0.15, 0.2) is 0 Å². The quantitative estimate of drug-likeness (QED) is 0.794. The number of hydrogen-bond donors (Lipinski definition) is 2. The molecule has 1 aliphatic heterocycles. The molecule has 1 aromatic carbocycles. The standard InChI is InChI=1S/C15H21N3O3/c1-15(2)14(20)18(10-13(19)16-8-9-21-3)12-7-5-4-6-11(12)17-15/h4-7,17H,8-10H2,1-3H3,(H,16,19). The molecule has 2 amide bonds. The van der Waals surface area contributed by atoms with Crippen molar-refractivity contribution in [1.82, 2.24) is 5.32 Å². The molecule has 0 saturated carbocycles. The molecule has 6 heteroatoms. The molecule has 0 aromatic heterocycles. The molecule has 0 atom stereocenters. The molecule has 114 valence electrons. The fourth-order valence-corrected chi connectivity index (χ4v) is 2.30. The van der Waals surface area contributed by atoms with Crippen LogP contribution in [0, 0.1) is 0 Å². The molecule has 2 rings (SSSR count). The molecular weight excluding hydrogens is 270 g/mol. The minimum Gasteiger partial charge on any atom is -0.383 e. The number of ether oxygens (including phenoxy) is 1. The van der Waals surface area contributed by atoms with Crippen molar-refractivity contribution in [3.63, 3.8) is 0 Å². The van der Waals surface area contributed by atoms with Gasteiger partial charge >= 0.3 is 0 Å². The Morgan fingerprint density at radius 2 is 2.10 bits per heavy atom. The Kier molecular flexibility index (Phi) is 4.47. The number of carbonyl (C=O) groups excluding carboxylic acids is 2. The number of rotatable bonds is 5. The number of methoxy groups -OCH3 is 1. The van der Waals surface area contributed by atoms with Crippen LogP contribution in [0.5, 0.6) is 0 Å². The summed E-state index contributed by atoms with van der Waals surface area (Å²) in [5, 5.41) is 5.93. The summed E-state index contributed by atoms with van der Waals surface area (Å²) in [6.07, 6.45) is 0. The fraction of sp³-hybridized carbons (Fsp3) is 0.467. The highest BCUT2D eigenvalue weighted by molar-refractivity contribution is 6.09. The zero-order valence-corrected chi connectivity index (χ0v) is 12.6. The maximum absolute atomic E-state index is 12.5. The average Bonchev–Trinajstić information content (AvgIpc) is 2.44. The molecule has 0 radical (unpaired) electrons. The second-order valence-corrected chi connectivity index (χ2v) is 5.50. The van der Waals surface area contributed by atoms with Crippen LogP contribution in [0.3, 0.4) is 0 Å². The van der Waals surface area contributed by atoms with Gasteiger partial charge in [0.2, 0.25) is 5.91 Å². The van der Waals surface area contributed by atoms with Crippen molar-refractivity contribution in [2.24, 2.45) is 0 Å². The fourth-order valence-electron chi connectivity index (χ4n) is 2.30. The highest BCUT2D eigenvalue weighted by atomic mass is 16.5. The van der Waals surface area contributed by atoms with Crippen LogP contribution >= 0.6 is 0 Å². The predicted octanol–water partition coefficient (Wildman–Crippen LogP) is 0.986. The van der Waals surface area contributed by atoms with Crippen LogP contribution in [0.2, 0.25) is 0 Å². The topological polar surface area (TPSA) is 70.7 Å². The second kappa shape index (κ2) is 6.13. The molecule has 21 heavy (non-hydrogen) atoms. The number of carbonyl (C=O) groups is 2. The zero-order chi connectivity index (χ0) is 15.5. The van der Waals surface area contributed by atoms with Gasteiger partial charge < -0.3 is 15.4 Å². The molecule has 1 aliphatic rings. The van der Waals surface area contributed by atoms with Gasteiger partial charge in [-0.05, 0) is 26.0 Å². The van der Waals surface area contributed by atoms with Gasteiger partial charge in [0.05, 0.1) is 18.0 Å². The molecule has 0 bridgehead atoms. The van der Waals surface area contributed by atoms with Gasteiger partial charge in [-0.2, -0.15) is 0 Å². The van der Waals surface area contributed by atoms with Crippen molar-refractivity contribution in [2.75, 3.05) is 37.0 Å². The van der Waals surface area contributed by atoms with Gasteiger partial charge in [-0.3, -0.25) is 14.5 Å². The lowest BCUT2D eigenvalue weighted by Crippen LogP contribution is -2.56. The third-order valence-electron chi connectivity index (χ3n) is 3.35. The van der Waals surface area contributed by atoms with E-state index in [1.165, 1.54) is 4.90 Å². The van der Waals surface area contributed by atoms with Gasteiger partial charge in [0, 0.05) is 13.7 Å². The molecule has 2 N–H and O–H groups in total. The van der Waals surface area contributed by atoms with Crippen molar-refractivity contribution in [3.05, 3.63) is 24.3 Å². The maximum Gasteiger partial charge on any atom is 0.252 e. The molecular formula is C15H21N3O3. The summed E-state index contributed by atoms with van der Waals surface area (Å²) in [6.45, 7) is 4.50. The molecule has 6 nitrogen and oxygen atoms in total. The molecule has 0 fully saturated rings. The van der Waals surface area contributed by atoms with Crippen molar-refractivity contribution < 1.29 is 14.3 Å². The van der Waals surface area contributed by atoms with E-state index in [1.807, 2.05) is 24.3 Å². The van der Waals surface area contributed by atoms with Gasteiger partial charge in [0.25, 0.3) is 5.91 Å². The minimum atomic E-state index is -0.735. The molecule has 0 spiro atoms. The lowest BCUT2D eigenvalue weighted by molar-refractivity contribution is -0.125. The van der Waals surface area contributed by atoms with E-state index >= 15 is 0 Å². The van der Waals surface area contributed by atoms with Gasteiger partial charge in [0.1, 0.15) is 12.1 Å². The number of fused-ring (bicyclic) bond motifs is 1. The van der Waals surface area contributed by atoms with Crippen LogP contribution in [0.1, 0.15) is 13.8 Å². The Morgan fingerprint density at radius 3 is 2.81 bits per heavy atom. The van der Waals surface area contributed by atoms with E-state index in [2.05, 4.69) is 10.6 Å². The molecule has 1 aromatic rings. The van der Waals surface area contributed by atoms with Crippen LogP contribution in [0.25, 0.3) is 0 Å². The van der Waals surface area contributed by atoms with E-state index in [-0.39, 0.29) is 18.4 Å². The number of anilines is 2. The van der Waals surface area contributed by atoms with E-state index in [1.54, 1.807) is 21.0 Å². The van der Waals surface area contributed by atoms with E-state index in [0.29, 0.717) is 13.2 Å². The third-order valence-corrected chi connectivity index (χ3v) is 3.35. The number of amides is 2.